The van der Waals surface area contributed by atoms with E-state index in [2.05, 4.69) is 62.4 Å². The minimum atomic E-state index is 0.203. The van der Waals surface area contributed by atoms with Crippen LogP contribution >= 0.6 is 0 Å². The van der Waals surface area contributed by atoms with E-state index in [4.69, 9.17) is 9.84 Å². The van der Waals surface area contributed by atoms with Crippen molar-refractivity contribution in [1.29, 1.82) is 0 Å². The first-order chi connectivity index (χ1) is 11.2. The maximum atomic E-state index is 9.01. The summed E-state index contributed by atoms with van der Waals surface area (Å²) in [5.41, 5.74) is 5.14. The Balaban J connectivity index is 1.99. The van der Waals surface area contributed by atoms with Gasteiger partial charge in [-0.1, -0.05) is 48.5 Å². The molecule has 0 aliphatic rings. The van der Waals surface area contributed by atoms with Crippen LogP contribution in [0.5, 0.6) is 0 Å². The highest BCUT2D eigenvalue weighted by molar-refractivity contribution is 5.67. The van der Waals surface area contributed by atoms with Crippen LogP contribution in [0.2, 0.25) is 0 Å². The zero-order chi connectivity index (χ0) is 16.5. The SMILES string of the molecule is CC(C)OCCCCc1ccccc1-c1ccc(CCO)cc1. The third-order valence-electron chi connectivity index (χ3n) is 3.97. The molecule has 0 bridgehead atoms. The standard InChI is InChI=1S/C21H28O2/c1-17(2)23-16-6-5-8-19-7-3-4-9-21(19)20-12-10-18(11-13-20)14-15-22/h3-4,7,9-13,17,22H,5-6,8,14-16H2,1-2H3. The molecule has 0 spiro atoms. The van der Waals surface area contributed by atoms with Gasteiger partial charge in [0.2, 0.25) is 0 Å². The Morgan fingerprint density at radius 1 is 0.913 bits per heavy atom. The molecule has 0 aliphatic heterocycles. The second-order valence-corrected chi connectivity index (χ2v) is 6.20. The normalized spacial score (nSPS) is 11.1. The molecule has 0 unspecified atom stereocenters. The highest BCUT2D eigenvalue weighted by Gasteiger charge is 2.05. The van der Waals surface area contributed by atoms with Crippen molar-refractivity contribution in [3.8, 4) is 11.1 Å². The number of benzene rings is 2. The van der Waals surface area contributed by atoms with E-state index in [9.17, 15) is 0 Å². The van der Waals surface area contributed by atoms with E-state index < -0.39 is 0 Å². The van der Waals surface area contributed by atoms with Crippen LogP contribution in [0.15, 0.2) is 48.5 Å². The Kier molecular flexibility index (Phi) is 7.31. The smallest absolute Gasteiger partial charge is 0.0518 e. The van der Waals surface area contributed by atoms with Crippen molar-refractivity contribution < 1.29 is 9.84 Å². The van der Waals surface area contributed by atoms with Crippen molar-refractivity contribution in [2.45, 2.75) is 45.6 Å². The summed E-state index contributed by atoms with van der Waals surface area (Å²) in [5, 5.41) is 9.01. The van der Waals surface area contributed by atoms with E-state index in [1.807, 2.05) is 0 Å². The van der Waals surface area contributed by atoms with Crippen LogP contribution in [0.1, 0.15) is 37.8 Å². The Hall–Kier alpha value is -1.64. The predicted molar refractivity (Wildman–Crippen MR) is 96.7 cm³/mol. The van der Waals surface area contributed by atoms with Gasteiger partial charge in [-0.15, -0.1) is 0 Å². The van der Waals surface area contributed by atoms with Crippen LogP contribution in [-0.2, 0) is 17.6 Å². The molecular weight excluding hydrogens is 284 g/mol. The van der Waals surface area contributed by atoms with E-state index in [-0.39, 0.29) is 6.61 Å². The molecule has 2 rings (SSSR count). The lowest BCUT2D eigenvalue weighted by Crippen LogP contribution is -2.04. The topological polar surface area (TPSA) is 29.5 Å². The number of hydrogen-bond acceptors (Lipinski definition) is 2. The summed E-state index contributed by atoms with van der Waals surface area (Å²) in [6, 6.07) is 17.2. The van der Waals surface area contributed by atoms with Crippen molar-refractivity contribution >= 4 is 0 Å². The van der Waals surface area contributed by atoms with Gasteiger partial charge in [-0.3, -0.25) is 0 Å². The summed E-state index contributed by atoms with van der Waals surface area (Å²) in [6.07, 6.45) is 4.36. The Labute approximate surface area is 140 Å². The molecule has 2 aromatic rings. The van der Waals surface area contributed by atoms with Gasteiger partial charge in [-0.2, -0.15) is 0 Å². The fraction of sp³-hybridized carbons (Fsp3) is 0.429. The molecule has 0 saturated heterocycles. The molecule has 23 heavy (non-hydrogen) atoms. The monoisotopic (exact) mass is 312 g/mol. The van der Waals surface area contributed by atoms with Gasteiger partial charge in [-0.05, 0) is 61.8 Å². The lowest BCUT2D eigenvalue weighted by atomic mass is 9.95. The van der Waals surface area contributed by atoms with Gasteiger partial charge in [-0.25, -0.2) is 0 Å². The minimum Gasteiger partial charge on any atom is -0.396 e. The number of aliphatic hydroxyl groups is 1. The summed E-state index contributed by atoms with van der Waals surface area (Å²) in [7, 11) is 0. The average Bonchev–Trinajstić information content (AvgIpc) is 2.56. The van der Waals surface area contributed by atoms with E-state index in [0.29, 0.717) is 6.10 Å². The number of aryl methyl sites for hydroxylation is 1. The lowest BCUT2D eigenvalue weighted by molar-refractivity contribution is 0.0761. The molecular formula is C21H28O2. The molecule has 0 heterocycles. The van der Waals surface area contributed by atoms with Gasteiger partial charge in [0, 0.05) is 13.2 Å². The van der Waals surface area contributed by atoms with E-state index in [0.717, 1.165) is 32.3 Å². The van der Waals surface area contributed by atoms with Gasteiger partial charge >= 0.3 is 0 Å². The Bertz CT molecular complexity index is 573. The molecule has 0 atom stereocenters. The van der Waals surface area contributed by atoms with Gasteiger partial charge < -0.3 is 9.84 Å². The van der Waals surface area contributed by atoms with Gasteiger partial charge in [0.15, 0.2) is 0 Å². The second kappa shape index (κ2) is 9.49. The molecule has 0 radical (unpaired) electrons. The zero-order valence-corrected chi connectivity index (χ0v) is 14.3. The van der Waals surface area contributed by atoms with Crippen LogP contribution in [0.3, 0.4) is 0 Å². The van der Waals surface area contributed by atoms with Crippen molar-refractivity contribution in [3.05, 3.63) is 59.7 Å². The van der Waals surface area contributed by atoms with Crippen LogP contribution in [0.25, 0.3) is 11.1 Å². The van der Waals surface area contributed by atoms with Gasteiger partial charge in [0.05, 0.1) is 6.10 Å². The highest BCUT2D eigenvalue weighted by atomic mass is 16.5. The number of aliphatic hydroxyl groups excluding tert-OH is 1. The maximum Gasteiger partial charge on any atom is 0.0518 e. The number of ether oxygens (including phenoxy) is 1. The van der Waals surface area contributed by atoms with Crippen LogP contribution in [0.4, 0.5) is 0 Å². The Morgan fingerprint density at radius 2 is 1.65 bits per heavy atom. The molecule has 1 N–H and O–H groups in total. The van der Waals surface area contributed by atoms with Crippen molar-refractivity contribution in [3.63, 3.8) is 0 Å². The third-order valence-corrected chi connectivity index (χ3v) is 3.97. The predicted octanol–water partition coefficient (Wildman–Crippen LogP) is 4.64. The summed E-state index contributed by atoms with van der Waals surface area (Å²) in [4.78, 5) is 0. The lowest BCUT2D eigenvalue weighted by Gasteiger charge is -2.11. The molecule has 124 valence electrons. The fourth-order valence-corrected chi connectivity index (χ4v) is 2.74. The molecule has 0 fully saturated rings. The molecule has 2 nitrogen and oxygen atoms in total. The van der Waals surface area contributed by atoms with E-state index in [1.165, 1.54) is 22.3 Å². The largest absolute Gasteiger partial charge is 0.396 e. The minimum absolute atomic E-state index is 0.203. The molecule has 0 saturated carbocycles. The molecule has 2 heteroatoms. The number of rotatable bonds is 9. The first-order valence-corrected chi connectivity index (χ1v) is 8.60. The first kappa shape index (κ1) is 17.7. The third kappa shape index (κ3) is 5.81. The zero-order valence-electron chi connectivity index (χ0n) is 14.3. The number of hydrogen-bond donors (Lipinski definition) is 1. The fourth-order valence-electron chi connectivity index (χ4n) is 2.74. The maximum absolute atomic E-state index is 9.01. The quantitative estimate of drug-likeness (QED) is 0.684. The Morgan fingerprint density at radius 3 is 2.35 bits per heavy atom. The van der Waals surface area contributed by atoms with Crippen LogP contribution < -0.4 is 0 Å². The highest BCUT2D eigenvalue weighted by Crippen LogP contribution is 2.25. The second-order valence-electron chi connectivity index (χ2n) is 6.20. The van der Waals surface area contributed by atoms with E-state index in [1.54, 1.807) is 0 Å². The molecule has 0 aromatic heterocycles. The van der Waals surface area contributed by atoms with Gasteiger partial charge in [0.1, 0.15) is 0 Å². The summed E-state index contributed by atoms with van der Waals surface area (Å²) in [5.74, 6) is 0. The summed E-state index contributed by atoms with van der Waals surface area (Å²) < 4.78 is 5.61. The number of unbranched alkanes of at least 4 members (excludes halogenated alkanes) is 1. The molecule has 0 aliphatic carbocycles. The van der Waals surface area contributed by atoms with E-state index >= 15 is 0 Å². The average molecular weight is 312 g/mol. The first-order valence-electron chi connectivity index (χ1n) is 8.60. The van der Waals surface area contributed by atoms with Crippen LogP contribution in [-0.4, -0.2) is 24.4 Å². The summed E-state index contributed by atoms with van der Waals surface area (Å²) in [6.45, 7) is 5.20. The van der Waals surface area contributed by atoms with Crippen molar-refractivity contribution in [1.82, 2.24) is 0 Å². The van der Waals surface area contributed by atoms with Crippen molar-refractivity contribution in [2.24, 2.45) is 0 Å². The van der Waals surface area contributed by atoms with Crippen LogP contribution in [0, 0.1) is 0 Å². The molecule has 0 amide bonds. The molecule has 2 aromatic carbocycles. The van der Waals surface area contributed by atoms with Crippen molar-refractivity contribution in [2.75, 3.05) is 13.2 Å². The summed E-state index contributed by atoms with van der Waals surface area (Å²) >= 11 is 0. The van der Waals surface area contributed by atoms with Gasteiger partial charge in [0.25, 0.3) is 0 Å².